The Labute approximate surface area is 134 Å². The third-order valence-electron chi connectivity index (χ3n) is 3.72. The van der Waals surface area contributed by atoms with Crippen LogP contribution >= 0.6 is 22.6 Å². The third-order valence-corrected chi connectivity index (χ3v) is 4.55. The highest BCUT2D eigenvalue weighted by atomic mass is 127. The van der Waals surface area contributed by atoms with Crippen LogP contribution in [0.2, 0.25) is 0 Å². The Balaban J connectivity index is 1.99. The van der Waals surface area contributed by atoms with Gasteiger partial charge in [0.25, 0.3) is 0 Å². The summed E-state index contributed by atoms with van der Waals surface area (Å²) in [6, 6.07) is 6.48. The number of aromatic nitrogens is 2. The van der Waals surface area contributed by atoms with Crippen LogP contribution < -0.4 is 0 Å². The molecule has 3 rings (SSSR count). The molecule has 0 fully saturated rings. The Bertz CT molecular complexity index is 716. The predicted octanol–water partition coefficient (Wildman–Crippen LogP) is 3.35. The van der Waals surface area contributed by atoms with Crippen molar-refractivity contribution in [1.82, 2.24) is 14.7 Å². The van der Waals surface area contributed by atoms with Crippen molar-refractivity contribution in [3.05, 3.63) is 39.3 Å². The van der Waals surface area contributed by atoms with Crippen molar-refractivity contribution in [3.63, 3.8) is 0 Å². The molecule has 5 nitrogen and oxygen atoms in total. The van der Waals surface area contributed by atoms with Crippen LogP contribution in [0.3, 0.4) is 0 Å². The number of hydrogen-bond acceptors (Lipinski definition) is 2. The SMILES string of the molecule is CC1c2cc(-c3ccc(F)c(I)c3)nn2CCN1C(=O)O. The standard InChI is InChI=1S/C14H13FIN3O2/c1-8-13-7-12(9-2-3-10(15)11(16)6-9)17-19(13)5-4-18(8)14(20)21/h2-3,6-8H,4-5H2,1H3,(H,20,21). The molecule has 1 N–H and O–H groups in total. The Morgan fingerprint density at radius 1 is 1.43 bits per heavy atom. The van der Waals surface area contributed by atoms with Crippen LogP contribution in [-0.4, -0.2) is 32.4 Å². The van der Waals surface area contributed by atoms with Crippen molar-refractivity contribution in [2.24, 2.45) is 0 Å². The molecular formula is C14H13FIN3O2. The van der Waals surface area contributed by atoms with E-state index in [4.69, 9.17) is 0 Å². The van der Waals surface area contributed by atoms with Gasteiger partial charge in [-0.25, -0.2) is 9.18 Å². The van der Waals surface area contributed by atoms with Crippen LogP contribution in [0.5, 0.6) is 0 Å². The maximum Gasteiger partial charge on any atom is 0.407 e. The van der Waals surface area contributed by atoms with Crippen LogP contribution in [0.4, 0.5) is 9.18 Å². The Hall–Kier alpha value is -1.64. The lowest BCUT2D eigenvalue weighted by Crippen LogP contribution is -2.40. The summed E-state index contributed by atoms with van der Waals surface area (Å²) in [5, 5.41) is 13.7. The number of halogens is 2. The predicted molar refractivity (Wildman–Crippen MR) is 83.5 cm³/mol. The first-order valence-electron chi connectivity index (χ1n) is 6.50. The lowest BCUT2D eigenvalue weighted by atomic mass is 10.1. The summed E-state index contributed by atoms with van der Waals surface area (Å²) in [5.74, 6) is -0.256. The molecule has 1 aliphatic rings. The second-order valence-electron chi connectivity index (χ2n) is 4.96. The molecule has 21 heavy (non-hydrogen) atoms. The van der Waals surface area contributed by atoms with Gasteiger partial charge in [0.1, 0.15) is 5.82 Å². The summed E-state index contributed by atoms with van der Waals surface area (Å²) in [4.78, 5) is 12.6. The van der Waals surface area contributed by atoms with E-state index in [2.05, 4.69) is 5.10 Å². The van der Waals surface area contributed by atoms with Gasteiger partial charge < -0.3 is 5.11 Å². The third kappa shape index (κ3) is 2.50. The van der Waals surface area contributed by atoms with Crippen molar-refractivity contribution in [2.75, 3.05) is 6.54 Å². The molecule has 1 unspecified atom stereocenters. The lowest BCUT2D eigenvalue weighted by Gasteiger charge is -2.31. The molecule has 0 spiro atoms. The van der Waals surface area contributed by atoms with Gasteiger partial charge in [-0.3, -0.25) is 9.58 Å². The van der Waals surface area contributed by atoms with Gasteiger partial charge in [0.2, 0.25) is 0 Å². The fraction of sp³-hybridized carbons (Fsp3) is 0.286. The summed E-state index contributed by atoms with van der Waals surface area (Å²) in [5.41, 5.74) is 2.43. The van der Waals surface area contributed by atoms with Crippen LogP contribution in [-0.2, 0) is 6.54 Å². The summed E-state index contributed by atoms with van der Waals surface area (Å²) in [6.45, 7) is 2.80. The molecule has 0 aliphatic carbocycles. The number of fused-ring (bicyclic) bond motifs is 1. The summed E-state index contributed by atoms with van der Waals surface area (Å²) in [7, 11) is 0. The van der Waals surface area contributed by atoms with Crippen molar-refractivity contribution in [2.45, 2.75) is 19.5 Å². The highest BCUT2D eigenvalue weighted by Crippen LogP contribution is 2.30. The fourth-order valence-corrected chi connectivity index (χ4v) is 3.08. The molecule has 1 aromatic carbocycles. The van der Waals surface area contributed by atoms with Crippen molar-refractivity contribution in [1.29, 1.82) is 0 Å². The molecule has 0 radical (unpaired) electrons. The number of benzene rings is 1. The lowest BCUT2D eigenvalue weighted by molar-refractivity contribution is 0.113. The van der Waals surface area contributed by atoms with E-state index in [1.807, 2.05) is 40.3 Å². The Morgan fingerprint density at radius 3 is 2.86 bits per heavy atom. The van der Waals surface area contributed by atoms with Crippen molar-refractivity contribution >= 4 is 28.7 Å². The number of hydrogen-bond donors (Lipinski definition) is 1. The maximum absolute atomic E-state index is 13.3. The van der Waals surface area contributed by atoms with E-state index >= 15 is 0 Å². The molecule has 7 heteroatoms. The molecule has 0 saturated carbocycles. The zero-order valence-electron chi connectivity index (χ0n) is 11.3. The highest BCUT2D eigenvalue weighted by molar-refractivity contribution is 14.1. The van der Waals surface area contributed by atoms with Gasteiger partial charge in [0.15, 0.2) is 0 Å². The van der Waals surface area contributed by atoms with Crippen molar-refractivity contribution < 1.29 is 14.3 Å². The van der Waals surface area contributed by atoms with Gasteiger partial charge in [-0.2, -0.15) is 5.10 Å². The smallest absolute Gasteiger partial charge is 0.407 e. The van der Waals surface area contributed by atoms with E-state index in [1.165, 1.54) is 11.0 Å². The van der Waals surface area contributed by atoms with Crippen LogP contribution in [0.15, 0.2) is 24.3 Å². The number of carboxylic acid groups (broad SMARTS) is 1. The van der Waals surface area contributed by atoms with Gasteiger partial charge in [0, 0.05) is 15.7 Å². The molecule has 2 aromatic rings. The largest absolute Gasteiger partial charge is 0.465 e. The van der Waals surface area contributed by atoms with Crippen LogP contribution in [0.25, 0.3) is 11.3 Å². The number of amides is 1. The molecule has 110 valence electrons. The average molecular weight is 401 g/mol. The molecule has 1 aromatic heterocycles. The minimum atomic E-state index is -0.923. The zero-order chi connectivity index (χ0) is 15.1. The van der Waals surface area contributed by atoms with E-state index in [0.717, 1.165) is 17.0 Å². The van der Waals surface area contributed by atoms with Crippen molar-refractivity contribution in [3.8, 4) is 11.3 Å². The van der Waals surface area contributed by atoms with E-state index in [0.29, 0.717) is 16.7 Å². The minimum absolute atomic E-state index is 0.239. The minimum Gasteiger partial charge on any atom is -0.465 e. The van der Waals surface area contributed by atoms with E-state index in [-0.39, 0.29) is 11.9 Å². The fourth-order valence-electron chi connectivity index (χ4n) is 2.56. The maximum atomic E-state index is 13.3. The molecule has 1 atom stereocenters. The first-order chi connectivity index (χ1) is 9.97. The molecule has 1 amide bonds. The van der Waals surface area contributed by atoms with Gasteiger partial charge in [0.05, 0.1) is 24.0 Å². The molecule has 0 bridgehead atoms. The quantitative estimate of drug-likeness (QED) is 0.746. The average Bonchev–Trinajstić information content (AvgIpc) is 2.87. The van der Waals surface area contributed by atoms with Gasteiger partial charge >= 0.3 is 6.09 Å². The summed E-state index contributed by atoms with van der Waals surface area (Å²) >= 11 is 1.94. The molecule has 1 aliphatic heterocycles. The topological polar surface area (TPSA) is 58.4 Å². The van der Waals surface area contributed by atoms with E-state index in [1.54, 1.807) is 12.1 Å². The Morgan fingerprint density at radius 2 is 2.19 bits per heavy atom. The van der Waals surface area contributed by atoms with Gasteiger partial charge in [-0.05, 0) is 53.8 Å². The van der Waals surface area contributed by atoms with Crippen LogP contribution in [0.1, 0.15) is 18.7 Å². The number of carbonyl (C=O) groups is 1. The number of nitrogens with zero attached hydrogens (tertiary/aromatic N) is 3. The number of rotatable bonds is 1. The highest BCUT2D eigenvalue weighted by Gasteiger charge is 2.29. The van der Waals surface area contributed by atoms with Crippen LogP contribution in [0, 0.1) is 9.39 Å². The van der Waals surface area contributed by atoms with Gasteiger partial charge in [-0.15, -0.1) is 0 Å². The van der Waals surface area contributed by atoms with E-state index in [9.17, 15) is 14.3 Å². The summed E-state index contributed by atoms with van der Waals surface area (Å²) < 4.78 is 15.7. The normalized spacial score (nSPS) is 17.7. The summed E-state index contributed by atoms with van der Waals surface area (Å²) in [6.07, 6.45) is -0.923. The monoisotopic (exact) mass is 401 g/mol. The Kier molecular flexibility index (Phi) is 3.60. The second-order valence-corrected chi connectivity index (χ2v) is 6.12. The molecular weight excluding hydrogens is 388 g/mol. The zero-order valence-corrected chi connectivity index (χ0v) is 13.4. The van der Waals surface area contributed by atoms with Gasteiger partial charge in [-0.1, -0.05) is 0 Å². The van der Waals surface area contributed by atoms with E-state index < -0.39 is 6.09 Å². The first kappa shape index (κ1) is 14.3. The molecule has 0 saturated heterocycles. The second kappa shape index (κ2) is 5.28. The molecule has 2 heterocycles. The first-order valence-corrected chi connectivity index (χ1v) is 7.58.